The molecular formula is C15H18N4O4S2. The van der Waals surface area contributed by atoms with Crippen molar-refractivity contribution in [1.82, 2.24) is 9.71 Å². The van der Waals surface area contributed by atoms with E-state index in [0.29, 0.717) is 11.1 Å². The molecule has 0 spiro atoms. The predicted octanol–water partition coefficient (Wildman–Crippen LogP) is 0.839. The van der Waals surface area contributed by atoms with Crippen LogP contribution in [0.5, 0.6) is 0 Å². The Morgan fingerprint density at radius 3 is 2.28 bits per heavy atom. The van der Waals surface area contributed by atoms with Crippen molar-refractivity contribution in [3.8, 4) is 0 Å². The highest BCUT2D eigenvalue weighted by atomic mass is 32.2. The van der Waals surface area contributed by atoms with Crippen molar-refractivity contribution >= 4 is 38.3 Å². The van der Waals surface area contributed by atoms with Crippen molar-refractivity contribution in [3.63, 3.8) is 0 Å². The molecule has 1 aromatic carbocycles. The molecule has 2 aromatic rings. The van der Waals surface area contributed by atoms with E-state index in [9.17, 15) is 18.0 Å². The lowest BCUT2D eigenvalue weighted by Gasteiger charge is -2.17. The van der Waals surface area contributed by atoms with Gasteiger partial charge in [-0.1, -0.05) is 17.7 Å². The summed E-state index contributed by atoms with van der Waals surface area (Å²) in [6, 6.07) is 1.65. The minimum atomic E-state index is -4.14. The number of rotatable bonds is 6. The van der Waals surface area contributed by atoms with Gasteiger partial charge >= 0.3 is 0 Å². The number of nitrogens with two attached hydrogens (primary N) is 1. The zero-order valence-corrected chi connectivity index (χ0v) is 15.5. The van der Waals surface area contributed by atoms with Crippen molar-refractivity contribution in [2.75, 3.05) is 5.32 Å². The maximum atomic E-state index is 12.7. The van der Waals surface area contributed by atoms with E-state index in [2.05, 4.69) is 15.0 Å². The number of thiazole rings is 1. The molecule has 1 unspecified atom stereocenters. The van der Waals surface area contributed by atoms with Crippen LogP contribution in [0.25, 0.3) is 0 Å². The molecule has 2 rings (SSSR count). The van der Waals surface area contributed by atoms with Gasteiger partial charge in [-0.25, -0.2) is 13.4 Å². The van der Waals surface area contributed by atoms with Gasteiger partial charge in [0.2, 0.25) is 15.9 Å². The van der Waals surface area contributed by atoms with Crippen LogP contribution < -0.4 is 15.8 Å². The molecule has 0 aliphatic rings. The Balaban J connectivity index is 2.32. The van der Waals surface area contributed by atoms with E-state index in [1.165, 1.54) is 6.20 Å². The Hall–Kier alpha value is -2.30. The summed E-state index contributed by atoms with van der Waals surface area (Å²) in [5.41, 5.74) is 7.13. The topological polar surface area (TPSA) is 131 Å². The number of nitrogens with zero attached hydrogens (tertiary/aromatic N) is 1. The van der Waals surface area contributed by atoms with Gasteiger partial charge in [0, 0.05) is 11.6 Å². The quantitative estimate of drug-likeness (QED) is 0.637. The van der Waals surface area contributed by atoms with Gasteiger partial charge in [-0.15, -0.1) is 11.3 Å². The molecule has 8 nitrogen and oxygen atoms in total. The summed E-state index contributed by atoms with van der Waals surface area (Å²) in [5, 5.41) is 4.21. The average molecular weight is 382 g/mol. The fourth-order valence-electron chi connectivity index (χ4n) is 2.51. The second-order valence-electron chi connectivity index (χ2n) is 5.51. The summed E-state index contributed by atoms with van der Waals surface area (Å²) in [4.78, 5) is 27.7. The van der Waals surface area contributed by atoms with Crippen LogP contribution in [0.3, 0.4) is 0 Å². The molecule has 25 heavy (non-hydrogen) atoms. The molecular weight excluding hydrogens is 364 g/mol. The van der Waals surface area contributed by atoms with Crippen molar-refractivity contribution in [1.29, 1.82) is 0 Å². The van der Waals surface area contributed by atoms with Gasteiger partial charge in [0.05, 0.1) is 4.90 Å². The minimum Gasteiger partial charge on any atom is -0.368 e. The number of primary amides is 1. The van der Waals surface area contributed by atoms with E-state index >= 15 is 0 Å². The number of amides is 2. The van der Waals surface area contributed by atoms with Crippen LogP contribution in [0.2, 0.25) is 0 Å². The van der Waals surface area contributed by atoms with E-state index in [1.54, 1.807) is 31.4 Å². The third kappa shape index (κ3) is 4.41. The van der Waals surface area contributed by atoms with Crippen LogP contribution in [-0.2, 0) is 19.6 Å². The number of sulfonamides is 1. The molecule has 0 aliphatic carbocycles. The maximum Gasteiger partial charge on any atom is 0.254 e. The second kappa shape index (κ2) is 7.30. The molecule has 2 amide bonds. The fourth-order valence-corrected chi connectivity index (χ4v) is 4.66. The zero-order chi connectivity index (χ0) is 18.8. The smallest absolute Gasteiger partial charge is 0.254 e. The van der Waals surface area contributed by atoms with Crippen LogP contribution >= 0.6 is 11.3 Å². The highest BCUT2D eigenvalue weighted by Gasteiger charge is 2.32. The Labute approximate surface area is 149 Å². The summed E-state index contributed by atoms with van der Waals surface area (Å²) < 4.78 is 27.5. The van der Waals surface area contributed by atoms with Gasteiger partial charge in [0.25, 0.3) is 5.91 Å². The van der Waals surface area contributed by atoms with Crippen LogP contribution in [0, 0.1) is 20.8 Å². The first-order chi connectivity index (χ1) is 11.6. The molecule has 0 radical (unpaired) electrons. The van der Waals surface area contributed by atoms with Crippen molar-refractivity contribution in [2.24, 2.45) is 5.73 Å². The molecule has 0 fully saturated rings. The molecule has 0 saturated carbocycles. The van der Waals surface area contributed by atoms with E-state index in [1.807, 2.05) is 6.92 Å². The monoisotopic (exact) mass is 382 g/mol. The summed E-state index contributed by atoms with van der Waals surface area (Å²) >= 11 is 1.13. The lowest BCUT2D eigenvalue weighted by molar-refractivity contribution is -0.127. The van der Waals surface area contributed by atoms with Gasteiger partial charge in [0.1, 0.15) is 0 Å². The van der Waals surface area contributed by atoms with E-state index in [0.717, 1.165) is 16.9 Å². The summed E-state index contributed by atoms with van der Waals surface area (Å²) in [7, 11) is -4.14. The largest absolute Gasteiger partial charge is 0.368 e. The summed E-state index contributed by atoms with van der Waals surface area (Å²) in [5.74, 6) is -2.01. The summed E-state index contributed by atoms with van der Waals surface area (Å²) in [6.07, 6.45) is 1.46. The second-order valence-corrected chi connectivity index (χ2v) is 8.06. The molecule has 0 bridgehead atoms. The molecule has 1 aromatic heterocycles. The highest BCUT2D eigenvalue weighted by molar-refractivity contribution is 7.89. The third-order valence-electron chi connectivity index (χ3n) is 3.36. The third-order valence-corrected chi connectivity index (χ3v) is 5.77. The van der Waals surface area contributed by atoms with Crippen LogP contribution in [0.4, 0.5) is 5.13 Å². The SMILES string of the molecule is Cc1cc(C)c(S(=O)(=O)NC(C(N)=O)C(=O)Nc2nccs2)c(C)c1. The Morgan fingerprint density at radius 1 is 1.20 bits per heavy atom. The first-order valence-electron chi connectivity index (χ1n) is 7.21. The highest BCUT2D eigenvalue weighted by Crippen LogP contribution is 2.22. The number of carbonyl (C=O) groups is 2. The lowest BCUT2D eigenvalue weighted by Crippen LogP contribution is -2.51. The van der Waals surface area contributed by atoms with Gasteiger partial charge in [-0.2, -0.15) is 4.72 Å². The van der Waals surface area contributed by atoms with Crippen molar-refractivity contribution in [3.05, 3.63) is 40.4 Å². The lowest BCUT2D eigenvalue weighted by atomic mass is 10.1. The Morgan fingerprint density at radius 2 is 1.80 bits per heavy atom. The van der Waals surface area contributed by atoms with Gasteiger partial charge < -0.3 is 11.1 Å². The van der Waals surface area contributed by atoms with Gasteiger partial charge in [-0.3, -0.25) is 9.59 Å². The molecule has 10 heteroatoms. The van der Waals surface area contributed by atoms with E-state index < -0.39 is 27.9 Å². The van der Waals surface area contributed by atoms with E-state index in [4.69, 9.17) is 5.73 Å². The first-order valence-corrected chi connectivity index (χ1v) is 9.58. The van der Waals surface area contributed by atoms with Crippen molar-refractivity contribution < 1.29 is 18.0 Å². The first kappa shape index (κ1) is 19.0. The molecule has 134 valence electrons. The number of hydrogen-bond donors (Lipinski definition) is 3. The van der Waals surface area contributed by atoms with Crippen LogP contribution in [0.1, 0.15) is 16.7 Å². The van der Waals surface area contributed by atoms with Gasteiger partial charge in [-0.05, 0) is 31.9 Å². The van der Waals surface area contributed by atoms with Crippen LogP contribution in [0.15, 0.2) is 28.6 Å². The summed E-state index contributed by atoms with van der Waals surface area (Å²) in [6.45, 7) is 5.13. The number of hydrogen-bond acceptors (Lipinski definition) is 6. The van der Waals surface area contributed by atoms with Crippen LogP contribution in [-0.4, -0.2) is 31.3 Å². The standard InChI is InChI=1S/C15H18N4O4S2/c1-8-6-9(2)12(10(3)7-8)25(22,23)19-11(13(16)20)14(21)18-15-17-4-5-24-15/h4-7,11,19H,1-3H3,(H2,16,20)(H,17,18,21). The molecule has 0 aliphatic heterocycles. The number of anilines is 1. The zero-order valence-electron chi connectivity index (χ0n) is 13.9. The number of carbonyl (C=O) groups excluding carboxylic acids is 2. The number of benzene rings is 1. The molecule has 1 atom stereocenters. The molecule has 1 heterocycles. The molecule has 4 N–H and O–H groups in total. The molecule has 0 saturated heterocycles. The maximum absolute atomic E-state index is 12.7. The number of aromatic nitrogens is 1. The average Bonchev–Trinajstić information content (AvgIpc) is 2.95. The minimum absolute atomic E-state index is 0.0198. The number of aryl methyl sites for hydroxylation is 3. The van der Waals surface area contributed by atoms with Gasteiger partial charge in [0.15, 0.2) is 11.2 Å². The van der Waals surface area contributed by atoms with Crippen molar-refractivity contribution in [2.45, 2.75) is 31.7 Å². The Kier molecular flexibility index (Phi) is 5.55. The predicted molar refractivity (Wildman–Crippen MR) is 94.7 cm³/mol. The normalized spacial score (nSPS) is 12.6. The van der Waals surface area contributed by atoms with E-state index in [-0.39, 0.29) is 10.0 Å². The Bertz CT molecular complexity index is 885. The fraction of sp³-hybridized carbons (Fsp3) is 0.267. The number of nitrogens with one attached hydrogen (secondary N) is 2.